The molecule has 2 aromatic heterocycles. The summed E-state index contributed by atoms with van der Waals surface area (Å²) in [5.41, 5.74) is 9.04. The molecule has 4 aromatic rings. The lowest BCUT2D eigenvalue weighted by atomic mass is 10.1. The van der Waals surface area contributed by atoms with Crippen LogP contribution in [0.3, 0.4) is 0 Å². The highest BCUT2D eigenvalue weighted by molar-refractivity contribution is 6.05. The number of fused-ring (bicyclic) bond motifs is 2. The second kappa shape index (κ2) is 8.59. The quantitative estimate of drug-likeness (QED) is 0.490. The maximum absolute atomic E-state index is 14.3. The number of rotatable bonds is 5. The van der Waals surface area contributed by atoms with Gasteiger partial charge in [0.25, 0.3) is 5.95 Å². The Morgan fingerprint density at radius 3 is 2.82 bits per heavy atom. The first-order valence-corrected chi connectivity index (χ1v) is 10.8. The third-order valence-electron chi connectivity index (χ3n) is 5.88. The first-order valence-electron chi connectivity index (χ1n) is 10.8. The second-order valence-corrected chi connectivity index (χ2v) is 8.28. The summed E-state index contributed by atoms with van der Waals surface area (Å²) in [5, 5.41) is 8.30. The van der Waals surface area contributed by atoms with Gasteiger partial charge in [0.2, 0.25) is 5.91 Å². The molecular weight excluding hydrogens is 421 g/mol. The van der Waals surface area contributed by atoms with Crippen molar-refractivity contribution in [1.82, 2.24) is 24.6 Å². The van der Waals surface area contributed by atoms with Gasteiger partial charge in [-0.3, -0.25) is 4.79 Å². The van der Waals surface area contributed by atoms with E-state index < -0.39 is 11.7 Å². The van der Waals surface area contributed by atoms with Crippen molar-refractivity contribution in [3.63, 3.8) is 0 Å². The summed E-state index contributed by atoms with van der Waals surface area (Å²) in [5.74, 6) is -0.233. The number of halogens is 1. The Balaban J connectivity index is 1.63. The van der Waals surface area contributed by atoms with E-state index in [9.17, 15) is 9.18 Å². The number of nitrogens with one attached hydrogen (secondary N) is 1. The fraction of sp³-hybridized carbons (Fsp3) is 0.250. The Hall–Kier alpha value is -3.85. The minimum atomic E-state index is -0.714. The van der Waals surface area contributed by atoms with Crippen LogP contribution in [0.4, 0.5) is 10.2 Å². The van der Waals surface area contributed by atoms with Crippen molar-refractivity contribution >= 4 is 22.6 Å². The van der Waals surface area contributed by atoms with Crippen LogP contribution >= 0.6 is 0 Å². The number of anilines is 1. The Morgan fingerprint density at radius 2 is 2.03 bits per heavy atom. The van der Waals surface area contributed by atoms with Crippen LogP contribution in [0.2, 0.25) is 0 Å². The number of nitrogens with two attached hydrogens (primary N) is 1. The number of nitrogens with zero attached hydrogens (tertiary/aromatic N) is 5. The van der Waals surface area contributed by atoms with Gasteiger partial charge in [-0.1, -0.05) is 30.3 Å². The summed E-state index contributed by atoms with van der Waals surface area (Å²) in [7, 11) is 2.06. The first-order chi connectivity index (χ1) is 16.0. The monoisotopic (exact) mass is 445 g/mol. The molecule has 0 unspecified atom stereocenters. The maximum atomic E-state index is 14.3. The molecule has 0 fully saturated rings. The molecule has 0 aliphatic carbocycles. The van der Waals surface area contributed by atoms with Gasteiger partial charge in [-0.05, 0) is 38.1 Å². The standard InChI is InChI=1S/C24H24FN7O/c1-31-9-5-8-17-20(14-31)29-24(30-23(17)27-12-15-6-3-2-4-7-15)32-21-11-16(25)10-18(22(26)33)19(21)13-28-32/h2-4,6-7,10-11,13H,5,8-9,12,14H2,1H3,(H2,26,33)(H,27,29,30). The predicted octanol–water partition coefficient (Wildman–Crippen LogP) is 3.04. The smallest absolute Gasteiger partial charge is 0.253 e. The van der Waals surface area contributed by atoms with E-state index in [0.29, 0.717) is 29.9 Å². The van der Waals surface area contributed by atoms with Gasteiger partial charge in [-0.2, -0.15) is 14.8 Å². The molecular formula is C24H24FN7O. The summed E-state index contributed by atoms with van der Waals surface area (Å²) in [6.07, 6.45) is 3.36. The van der Waals surface area contributed by atoms with Crippen LogP contribution in [-0.4, -0.2) is 44.1 Å². The highest BCUT2D eigenvalue weighted by atomic mass is 19.1. The van der Waals surface area contributed by atoms with Crippen LogP contribution < -0.4 is 11.1 Å². The van der Waals surface area contributed by atoms with Gasteiger partial charge < -0.3 is 16.0 Å². The lowest BCUT2D eigenvalue weighted by molar-refractivity contribution is 0.100. The number of carbonyl (C=O) groups excluding carboxylic acids is 1. The molecule has 2 aromatic carbocycles. The van der Waals surface area contributed by atoms with Crippen LogP contribution in [0, 0.1) is 5.82 Å². The number of carbonyl (C=O) groups is 1. The largest absolute Gasteiger partial charge is 0.366 e. The maximum Gasteiger partial charge on any atom is 0.253 e. The number of hydrogen-bond donors (Lipinski definition) is 2. The first kappa shape index (κ1) is 21.0. The molecule has 0 spiro atoms. The highest BCUT2D eigenvalue weighted by Gasteiger charge is 2.22. The molecule has 168 valence electrons. The van der Waals surface area contributed by atoms with E-state index in [1.807, 2.05) is 18.2 Å². The number of aromatic nitrogens is 4. The van der Waals surface area contributed by atoms with Gasteiger partial charge in [0.05, 0.1) is 23.0 Å². The lowest BCUT2D eigenvalue weighted by Gasteiger charge is -2.17. The zero-order valence-electron chi connectivity index (χ0n) is 18.3. The van der Waals surface area contributed by atoms with Gasteiger partial charge in [0, 0.05) is 30.1 Å². The van der Waals surface area contributed by atoms with E-state index in [0.717, 1.165) is 48.1 Å². The SMILES string of the molecule is CN1CCCc2c(nc(-n3ncc4c(C(N)=O)cc(F)cc43)nc2NCc2ccccc2)C1. The Labute approximate surface area is 190 Å². The molecule has 0 saturated carbocycles. The topological polar surface area (TPSA) is 102 Å². The predicted molar refractivity (Wildman–Crippen MR) is 124 cm³/mol. The van der Waals surface area contributed by atoms with Crippen LogP contribution in [0.15, 0.2) is 48.7 Å². The lowest BCUT2D eigenvalue weighted by Crippen LogP contribution is -2.19. The fourth-order valence-electron chi connectivity index (χ4n) is 4.25. The molecule has 1 amide bonds. The van der Waals surface area contributed by atoms with Crippen LogP contribution in [-0.2, 0) is 19.5 Å². The van der Waals surface area contributed by atoms with Crippen molar-refractivity contribution in [3.05, 3.63) is 76.9 Å². The molecule has 5 rings (SSSR count). The Bertz CT molecular complexity index is 1340. The summed E-state index contributed by atoms with van der Waals surface area (Å²) in [4.78, 5) is 23.6. The Kier molecular flexibility index (Phi) is 5.47. The van der Waals surface area contributed by atoms with E-state index in [2.05, 4.69) is 34.5 Å². The summed E-state index contributed by atoms with van der Waals surface area (Å²) >= 11 is 0. The summed E-state index contributed by atoms with van der Waals surface area (Å²) < 4.78 is 15.8. The van der Waals surface area contributed by atoms with Crippen LogP contribution in [0.5, 0.6) is 0 Å². The van der Waals surface area contributed by atoms with Crippen molar-refractivity contribution in [1.29, 1.82) is 0 Å². The molecule has 33 heavy (non-hydrogen) atoms. The molecule has 0 saturated heterocycles. The molecule has 1 aliphatic heterocycles. The average molecular weight is 446 g/mol. The van der Waals surface area contributed by atoms with Crippen molar-refractivity contribution in [2.45, 2.75) is 25.9 Å². The minimum absolute atomic E-state index is 0.0770. The highest BCUT2D eigenvalue weighted by Crippen LogP contribution is 2.27. The third kappa shape index (κ3) is 4.14. The van der Waals surface area contributed by atoms with Gasteiger partial charge in [-0.25, -0.2) is 9.37 Å². The molecule has 0 bridgehead atoms. The molecule has 9 heteroatoms. The van der Waals surface area contributed by atoms with E-state index >= 15 is 0 Å². The molecule has 0 radical (unpaired) electrons. The second-order valence-electron chi connectivity index (χ2n) is 8.28. The zero-order chi connectivity index (χ0) is 22.9. The van der Waals surface area contributed by atoms with Gasteiger partial charge in [0.15, 0.2) is 0 Å². The molecule has 0 atom stereocenters. The number of primary amides is 1. The van der Waals surface area contributed by atoms with Gasteiger partial charge in [-0.15, -0.1) is 0 Å². The Morgan fingerprint density at radius 1 is 1.21 bits per heavy atom. The van der Waals surface area contributed by atoms with Crippen molar-refractivity contribution in [2.75, 3.05) is 18.9 Å². The van der Waals surface area contributed by atoms with Gasteiger partial charge >= 0.3 is 0 Å². The van der Waals surface area contributed by atoms with Crippen molar-refractivity contribution in [2.24, 2.45) is 5.73 Å². The molecule has 8 nitrogen and oxygen atoms in total. The van der Waals surface area contributed by atoms with Crippen molar-refractivity contribution < 1.29 is 9.18 Å². The molecule has 3 heterocycles. The van der Waals surface area contributed by atoms with Crippen LogP contribution in [0.1, 0.15) is 33.6 Å². The average Bonchev–Trinajstić information content (AvgIpc) is 3.12. The number of benzene rings is 2. The number of hydrogen-bond acceptors (Lipinski definition) is 6. The summed E-state index contributed by atoms with van der Waals surface area (Å²) in [6, 6.07) is 12.5. The van der Waals surface area contributed by atoms with Gasteiger partial charge in [0.1, 0.15) is 11.6 Å². The van der Waals surface area contributed by atoms with Crippen LogP contribution in [0.25, 0.3) is 16.9 Å². The van der Waals surface area contributed by atoms with E-state index in [1.165, 1.54) is 16.9 Å². The normalized spacial score (nSPS) is 14.1. The minimum Gasteiger partial charge on any atom is -0.366 e. The van der Waals surface area contributed by atoms with E-state index in [1.54, 1.807) is 0 Å². The van der Waals surface area contributed by atoms with E-state index in [4.69, 9.17) is 15.7 Å². The summed E-state index contributed by atoms with van der Waals surface area (Å²) in [6.45, 7) is 2.24. The molecule has 3 N–H and O–H groups in total. The third-order valence-corrected chi connectivity index (χ3v) is 5.88. The van der Waals surface area contributed by atoms with Crippen molar-refractivity contribution in [3.8, 4) is 5.95 Å². The molecule has 1 aliphatic rings. The zero-order valence-corrected chi connectivity index (χ0v) is 18.3. The van der Waals surface area contributed by atoms with E-state index in [-0.39, 0.29) is 5.56 Å². The fourth-order valence-corrected chi connectivity index (χ4v) is 4.25. The number of amides is 1.